The van der Waals surface area contributed by atoms with Crippen LogP contribution in [0.25, 0.3) is 0 Å². The minimum atomic E-state index is -1.12. The first-order valence-electron chi connectivity index (χ1n) is 9.71. The molecule has 2 N–H and O–H groups in total. The van der Waals surface area contributed by atoms with Gasteiger partial charge < -0.3 is 24.6 Å². The molecular weight excluding hydrogens is 374 g/mol. The second kappa shape index (κ2) is 10.3. The molecule has 1 heterocycles. The second-order valence-corrected chi connectivity index (χ2v) is 7.70. The number of carbonyl (C=O) groups excluding carboxylic acids is 1. The van der Waals surface area contributed by atoms with Crippen LogP contribution in [0.3, 0.4) is 0 Å². The Kier molecular flexibility index (Phi) is 8.04. The molecule has 0 radical (unpaired) electrons. The summed E-state index contributed by atoms with van der Waals surface area (Å²) < 4.78 is 17.9. The summed E-state index contributed by atoms with van der Waals surface area (Å²) in [7, 11) is 0. The highest BCUT2D eigenvalue weighted by Gasteiger charge is 2.21. The zero-order valence-corrected chi connectivity index (χ0v) is 17.7. The number of hydrogen-bond acceptors (Lipinski definition) is 6. The van der Waals surface area contributed by atoms with Gasteiger partial charge in [-0.25, -0.2) is 4.79 Å². The van der Waals surface area contributed by atoms with Crippen molar-refractivity contribution in [2.75, 3.05) is 6.61 Å². The number of benzene rings is 1. The van der Waals surface area contributed by atoms with Gasteiger partial charge in [-0.3, -0.25) is 4.68 Å². The third-order valence-electron chi connectivity index (χ3n) is 3.78. The van der Waals surface area contributed by atoms with Crippen LogP contribution in [0.2, 0.25) is 0 Å². The molecular formula is C21H31N3O5. The zero-order chi connectivity index (χ0) is 21.4. The van der Waals surface area contributed by atoms with Gasteiger partial charge in [-0.05, 0) is 52.8 Å². The van der Waals surface area contributed by atoms with E-state index < -0.39 is 18.0 Å². The topological polar surface area (TPSA) is 94.8 Å². The number of nitrogens with one attached hydrogen (secondary N) is 1. The summed E-state index contributed by atoms with van der Waals surface area (Å²) >= 11 is 0. The molecule has 0 saturated heterocycles. The van der Waals surface area contributed by atoms with Crippen LogP contribution >= 0.6 is 0 Å². The van der Waals surface area contributed by atoms with Crippen molar-refractivity contribution in [3.05, 3.63) is 47.8 Å². The smallest absolute Gasteiger partial charge is 0.407 e. The quantitative estimate of drug-likeness (QED) is 0.621. The molecule has 0 aliphatic heterocycles. The van der Waals surface area contributed by atoms with Crippen LogP contribution in [-0.4, -0.2) is 39.2 Å². The summed E-state index contributed by atoms with van der Waals surface area (Å²) in [6.45, 7) is 9.99. The van der Waals surface area contributed by atoms with Crippen LogP contribution < -0.4 is 10.1 Å². The van der Waals surface area contributed by atoms with Crippen LogP contribution in [0.15, 0.2) is 36.4 Å². The van der Waals surface area contributed by atoms with Crippen molar-refractivity contribution in [2.24, 2.45) is 0 Å². The average Bonchev–Trinajstić information content (AvgIpc) is 3.02. The lowest BCUT2D eigenvalue weighted by Crippen LogP contribution is -2.40. The van der Waals surface area contributed by atoms with Crippen LogP contribution in [0.1, 0.15) is 52.3 Å². The molecule has 0 fully saturated rings. The number of carbonyl (C=O) groups is 1. The first kappa shape index (κ1) is 22.7. The number of hydrogen-bond donors (Lipinski definition) is 2. The van der Waals surface area contributed by atoms with E-state index in [0.29, 0.717) is 24.5 Å². The standard InChI is InChI=1S/C21H31N3O5/c1-6-27-19(25)18-12-16(14-28-17-10-8-7-9-11-17)23-24(18)13-15(2)22-20(26)29-21(3,4)5/h7-12,15,19,25H,6,13-14H2,1-5H3,(H,22,26). The van der Waals surface area contributed by atoms with Crippen molar-refractivity contribution in [2.45, 2.75) is 65.7 Å². The molecule has 2 aromatic rings. The van der Waals surface area contributed by atoms with Gasteiger partial charge in [0.1, 0.15) is 23.7 Å². The Morgan fingerprint density at radius 2 is 1.97 bits per heavy atom. The summed E-state index contributed by atoms with van der Waals surface area (Å²) in [6, 6.07) is 10.9. The van der Waals surface area contributed by atoms with E-state index in [1.54, 1.807) is 38.4 Å². The van der Waals surface area contributed by atoms with E-state index in [1.807, 2.05) is 37.3 Å². The summed E-state index contributed by atoms with van der Waals surface area (Å²) in [5.74, 6) is 0.730. The number of para-hydroxylation sites is 1. The fourth-order valence-electron chi connectivity index (χ4n) is 2.63. The Morgan fingerprint density at radius 1 is 1.28 bits per heavy atom. The fraction of sp³-hybridized carbons (Fsp3) is 0.524. The average molecular weight is 405 g/mol. The van der Waals surface area contributed by atoms with Crippen LogP contribution in [-0.2, 0) is 22.6 Å². The maximum Gasteiger partial charge on any atom is 0.407 e. The van der Waals surface area contributed by atoms with E-state index in [0.717, 1.165) is 5.75 Å². The Labute approximate surface area is 171 Å². The second-order valence-electron chi connectivity index (χ2n) is 7.70. The molecule has 160 valence electrons. The van der Waals surface area contributed by atoms with Gasteiger partial charge in [0.15, 0.2) is 6.29 Å². The lowest BCUT2D eigenvalue weighted by Gasteiger charge is -2.22. The summed E-state index contributed by atoms with van der Waals surface area (Å²) in [5.41, 5.74) is 0.566. The van der Waals surface area contributed by atoms with Crippen molar-refractivity contribution >= 4 is 6.09 Å². The molecule has 0 aliphatic carbocycles. The number of amides is 1. The van der Waals surface area contributed by atoms with E-state index >= 15 is 0 Å². The van der Waals surface area contributed by atoms with E-state index in [1.165, 1.54) is 0 Å². The molecule has 2 atom stereocenters. The predicted octanol–water partition coefficient (Wildman–Crippen LogP) is 3.40. The molecule has 0 spiro atoms. The number of nitrogens with zero attached hydrogens (tertiary/aromatic N) is 2. The Hall–Kier alpha value is -2.58. The molecule has 0 aliphatic rings. The molecule has 1 amide bonds. The number of aromatic nitrogens is 2. The Balaban J connectivity index is 2.07. The molecule has 1 aromatic carbocycles. The fourth-order valence-corrected chi connectivity index (χ4v) is 2.63. The molecule has 8 nitrogen and oxygen atoms in total. The Bertz CT molecular complexity index is 770. The molecule has 29 heavy (non-hydrogen) atoms. The van der Waals surface area contributed by atoms with Gasteiger partial charge in [-0.2, -0.15) is 5.10 Å². The summed E-state index contributed by atoms with van der Waals surface area (Å²) in [4.78, 5) is 12.0. The van der Waals surface area contributed by atoms with E-state index in [9.17, 15) is 9.90 Å². The van der Waals surface area contributed by atoms with Crippen molar-refractivity contribution < 1.29 is 24.1 Å². The normalized spacial score (nSPS) is 13.6. The number of aliphatic hydroxyl groups excluding tert-OH is 1. The van der Waals surface area contributed by atoms with E-state index in [-0.39, 0.29) is 12.6 Å². The SMILES string of the molecule is CCOC(O)c1cc(COc2ccccc2)nn1CC(C)NC(=O)OC(C)(C)C. The monoisotopic (exact) mass is 405 g/mol. The van der Waals surface area contributed by atoms with Crippen molar-refractivity contribution in [3.63, 3.8) is 0 Å². The molecule has 8 heteroatoms. The van der Waals surface area contributed by atoms with E-state index in [4.69, 9.17) is 14.2 Å². The first-order chi connectivity index (χ1) is 13.7. The number of alkyl carbamates (subject to hydrolysis) is 1. The van der Waals surface area contributed by atoms with Crippen LogP contribution in [0, 0.1) is 0 Å². The molecule has 1 aromatic heterocycles. The highest BCUT2D eigenvalue weighted by atomic mass is 16.6. The largest absolute Gasteiger partial charge is 0.487 e. The lowest BCUT2D eigenvalue weighted by atomic mass is 10.2. The number of rotatable bonds is 9. The van der Waals surface area contributed by atoms with Gasteiger partial charge in [0.2, 0.25) is 0 Å². The summed E-state index contributed by atoms with van der Waals surface area (Å²) in [5, 5.41) is 17.6. The number of aliphatic hydroxyl groups is 1. The minimum absolute atomic E-state index is 0.247. The zero-order valence-electron chi connectivity index (χ0n) is 17.7. The minimum Gasteiger partial charge on any atom is -0.487 e. The lowest BCUT2D eigenvalue weighted by molar-refractivity contribution is -0.103. The molecule has 0 saturated carbocycles. The van der Waals surface area contributed by atoms with Gasteiger partial charge in [0.05, 0.1) is 12.2 Å². The van der Waals surface area contributed by atoms with Gasteiger partial charge in [0, 0.05) is 12.6 Å². The third-order valence-corrected chi connectivity index (χ3v) is 3.78. The van der Waals surface area contributed by atoms with Crippen molar-refractivity contribution in [1.82, 2.24) is 15.1 Å². The van der Waals surface area contributed by atoms with Gasteiger partial charge >= 0.3 is 6.09 Å². The molecule has 2 rings (SSSR count). The number of ether oxygens (including phenoxy) is 3. The van der Waals surface area contributed by atoms with E-state index in [2.05, 4.69) is 10.4 Å². The first-order valence-corrected chi connectivity index (χ1v) is 9.71. The predicted molar refractivity (Wildman–Crippen MR) is 108 cm³/mol. The van der Waals surface area contributed by atoms with Gasteiger partial charge in [0.25, 0.3) is 0 Å². The highest BCUT2D eigenvalue weighted by molar-refractivity contribution is 5.67. The van der Waals surface area contributed by atoms with Gasteiger partial charge in [-0.1, -0.05) is 18.2 Å². The molecule has 0 bridgehead atoms. The van der Waals surface area contributed by atoms with Gasteiger partial charge in [-0.15, -0.1) is 0 Å². The maximum absolute atomic E-state index is 12.0. The van der Waals surface area contributed by atoms with Crippen LogP contribution in [0.5, 0.6) is 5.75 Å². The highest BCUT2D eigenvalue weighted by Crippen LogP contribution is 2.18. The molecule has 2 unspecified atom stereocenters. The maximum atomic E-state index is 12.0. The Morgan fingerprint density at radius 3 is 2.59 bits per heavy atom. The summed E-state index contributed by atoms with van der Waals surface area (Å²) in [6.07, 6.45) is -1.62. The van der Waals surface area contributed by atoms with Crippen molar-refractivity contribution in [3.8, 4) is 5.75 Å². The van der Waals surface area contributed by atoms with Crippen molar-refractivity contribution in [1.29, 1.82) is 0 Å². The van der Waals surface area contributed by atoms with Crippen LogP contribution in [0.4, 0.5) is 4.79 Å². The third kappa shape index (κ3) is 7.75.